The molecule has 0 radical (unpaired) electrons. The average Bonchev–Trinajstić information content (AvgIpc) is 3.51. The summed E-state index contributed by atoms with van der Waals surface area (Å²) in [5, 5.41) is 24.4. The molecule has 0 aliphatic rings. The van der Waals surface area contributed by atoms with Crippen molar-refractivity contribution in [2.45, 2.75) is 13.8 Å². The molecule has 0 saturated carbocycles. The van der Waals surface area contributed by atoms with Crippen LogP contribution in [0.15, 0.2) is 62.7 Å². The van der Waals surface area contributed by atoms with Crippen molar-refractivity contribution >= 4 is 52.4 Å². The van der Waals surface area contributed by atoms with Crippen molar-refractivity contribution in [1.29, 1.82) is 0 Å². The van der Waals surface area contributed by atoms with Gasteiger partial charge >= 0.3 is 5.97 Å². The first-order valence-corrected chi connectivity index (χ1v) is 11.0. The number of aromatic carboxylic acids is 1. The highest BCUT2D eigenvalue weighted by atomic mass is 35.5. The number of furan rings is 1. The molecule has 0 spiro atoms. The molecule has 0 unspecified atom stereocenters. The van der Waals surface area contributed by atoms with E-state index in [9.17, 15) is 9.90 Å². The highest BCUT2D eigenvalue weighted by molar-refractivity contribution is 6.33. The molecule has 0 saturated heterocycles. The maximum absolute atomic E-state index is 11.4. The fraction of sp³-hybridized carbons (Fsp3) is 0.0833. The van der Waals surface area contributed by atoms with Crippen molar-refractivity contribution in [2.75, 3.05) is 10.7 Å². The van der Waals surface area contributed by atoms with E-state index in [4.69, 9.17) is 20.6 Å². The second-order valence-electron chi connectivity index (χ2n) is 7.78. The second-order valence-corrected chi connectivity index (χ2v) is 8.18. The zero-order valence-corrected chi connectivity index (χ0v) is 19.7. The Morgan fingerprint density at radius 2 is 1.83 bits per heavy atom. The number of carbonyl (C=O) groups is 1. The van der Waals surface area contributed by atoms with Crippen LogP contribution < -0.4 is 10.7 Å². The van der Waals surface area contributed by atoms with Crippen LogP contribution in [0.5, 0.6) is 0 Å². The molecule has 0 bridgehead atoms. The third-order valence-corrected chi connectivity index (χ3v) is 5.77. The third kappa shape index (κ3) is 4.59. The summed E-state index contributed by atoms with van der Waals surface area (Å²) in [6.07, 6.45) is 1.45. The highest BCUT2D eigenvalue weighted by Crippen LogP contribution is 2.28. The Bertz CT molecular complexity index is 1630. The SMILES string of the molecule is Cc1cccc(Nc2nc3nonc3nc2NN=Cc2ccc(-c3ccc(Cl)c(C(=O)O)c3)o2)c1C. The fourth-order valence-electron chi connectivity index (χ4n) is 3.39. The van der Waals surface area contributed by atoms with E-state index in [1.165, 1.54) is 18.3 Å². The largest absolute Gasteiger partial charge is 0.478 e. The monoisotopic (exact) mass is 503 g/mol. The topological polar surface area (TPSA) is 152 Å². The highest BCUT2D eigenvalue weighted by Gasteiger charge is 2.15. The summed E-state index contributed by atoms with van der Waals surface area (Å²) >= 11 is 5.95. The van der Waals surface area contributed by atoms with Gasteiger partial charge in [0.1, 0.15) is 11.5 Å². The van der Waals surface area contributed by atoms with Gasteiger partial charge in [-0.25, -0.2) is 14.4 Å². The summed E-state index contributed by atoms with van der Waals surface area (Å²) in [5.41, 5.74) is 6.90. The zero-order chi connectivity index (χ0) is 25.2. The lowest BCUT2D eigenvalue weighted by molar-refractivity contribution is 0.0697. The number of fused-ring (bicyclic) bond motifs is 1. The van der Waals surface area contributed by atoms with Crippen LogP contribution in [0.2, 0.25) is 5.02 Å². The van der Waals surface area contributed by atoms with Gasteiger partial charge in [-0.3, -0.25) is 5.43 Å². The van der Waals surface area contributed by atoms with Crippen LogP contribution in [-0.4, -0.2) is 37.6 Å². The minimum atomic E-state index is -1.12. The number of nitrogens with one attached hydrogen (secondary N) is 2. The first-order chi connectivity index (χ1) is 17.4. The first kappa shape index (κ1) is 23.0. The van der Waals surface area contributed by atoms with Crippen molar-refractivity contribution in [3.63, 3.8) is 0 Å². The molecule has 0 fully saturated rings. The van der Waals surface area contributed by atoms with Gasteiger partial charge in [-0.2, -0.15) is 10.1 Å². The number of hydrogen-bond donors (Lipinski definition) is 3. The molecule has 3 N–H and O–H groups in total. The van der Waals surface area contributed by atoms with Crippen LogP contribution in [0.1, 0.15) is 27.2 Å². The standard InChI is InChI=1S/C24H18ClN7O4/c1-12-4-3-5-18(13(12)2)27-20-21(29-23-22(28-20)31-36-32-23)30-26-11-15-7-9-19(35-15)14-6-8-17(25)16(10-14)24(33)34/h3-11H,1-2H3,(H,33,34)(H,27,28,31)(H,29,30,32). The van der Waals surface area contributed by atoms with E-state index in [0.717, 1.165) is 16.8 Å². The van der Waals surface area contributed by atoms with Crippen LogP contribution in [0, 0.1) is 13.8 Å². The summed E-state index contributed by atoms with van der Waals surface area (Å²) in [4.78, 5) is 20.2. The lowest BCUT2D eigenvalue weighted by atomic mass is 10.1. The minimum Gasteiger partial charge on any atom is -0.478 e. The molecule has 5 rings (SSSR count). The Labute approximate surface area is 208 Å². The van der Waals surface area contributed by atoms with Crippen LogP contribution in [-0.2, 0) is 0 Å². The van der Waals surface area contributed by atoms with Gasteiger partial charge in [-0.05, 0) is 71.7 Å². The predicted molar refractivity (Wildman–Crippen MR) is 134 cm³/mol. The molecule has 3 heterocycles. The number of carboxylic acid groups (broad SMARTS) is 1. The number of aryl methyl sites for hydroxylation is 1. The van der Waals surface area contributed by atoms with Crippen LogP contribution in [0.4, 0.5) is 17.3 Å². The van der Waals surface area contributed by atoms with Gasteiger partial charge in [-0.1, -0.05) is 23.7 Å². The number of aromatic nitrogens is 4. The van der Waals surface area contributed by atoms with Crippen molar-refractivity contribution in [3.8, 4) is 11.3 Å². The van der Waals surface area contributed by atoms with E-state index < -0.39 is 5.97 Å². The molecule has 0 aliphatic heterocycles. The second kappa shape index (κ2) is 9.47. The van der Waals surface area contributed by atoms with Crippen molar-refractivity contribution in [2.24, 2.45) is 5.10 Å². The van der Waals surface area contributed by atoms with E-state index in [-0.39, 0.29) is 21.9 Å². The van der Waals surface area contributed by atoms with Crippen LogP contribution >= 0.6 is 11.6 Å². The number of hydrogen-bond acceptors (Lipinski definition) is 10. The number of nitrogens with zero attached hydrogens (tertiary/aromatic N) is 5. The number of benzene rings is 2. The Kier molecular flexibility index (Phi) is 6.05. The smallest absolute Gasteiger partial charge is 0.337 e. The van der Waals surface area contributed by atoms with Gasteiger partial charge in [-0.15, -0.1) is 0 Å². The number of carboxylic acids is 1. The van der Waals surface area contributed by atoms with Crippen molar-refractivity contribution in [1.82, 2.24) is 20.3 Å². The Balaban J connectivity index is 1.39. The first-order valence-electron chi connectivity index (χ1n) is 10.6. The molecule has 12 heteroatoms. The van der Waals surface area contributed by atoms with Gasteiger partial charge in [0.2, 0.25) is 11.3 Å². The van der Waals surface area contributed by atoms with E-state index >= 15 is 0 Å². The molecule has 2 aromatic carbocycles. The number of rotatable bonds is 7. The molecule has 3 aromatic heterocycles. The quantitative estimate of drug-likeness (QED) is 0.193. The van der Waals surface area contributed by atoms with E-state index in [0.29, 0.717) is 28.7 Å². The van der Waals surface area contributed by atoms with Crippen LogP contribution in [0.3, 0.4) is 0 Å². The molecule has 0 aliphatic carbocycles. The fourth-order valence-corrected chi connectivity index (χ4v) is 3.59. The maximum atomic E-state index is 11.4. The summed E-state index contributed by atoms with van der Waals surface area (Å²) in [6, 6.07) is 13.9. The molecule has 5 aromatic rings. The average molecular weight is 504 g/mol. The molecule has 0 amide bonds. The molecule has 11 nitrogen and oxygen atoms in total. The minimum absolute atomic E-state index is 0.0114. The molecular formula is C24H18ClN7O4. The summed E-state index contributed by atoms with van der Waals surface area (Å²) < 4.78 is 10.5. The van der Waals surface area contributed by atoms with Gasteiger partial charge in [0, 0.05) is 11.3 Å². The normalized spacial score (nSPS) is 11.3. The number of anilines is 3. The zero-order valence-electron chi connectivity index (χ0n) is 19.0. The number of halogens is 1. The van der Waals surface area contributed by atoms with E-state index in [1.54, 1.807) is 18.2 Å². The Hall–Kier alpha value is -4.77. The Morgan fingerprint density at radius 1 is 1.06 bits per heavy atom. The van der Waals surface area contributed by atoms with Gasteiger partial charge in [0.05, 0.1) is 16.8 Å². The van der Waals surface area contributed by atoms with Crippen LogP contribution in [0.25, 0.3) is 22.6 Å². The van der Waals surface area contributed by atoms with Crippen molar-refractivity contribution < 1.29 is 18.9 Å². The van der Waals surface area contributed by atoms with Gasteiger partial charge < -0.3 is 14.8 Å². The third-order valence-electron chi connectivity index (χ3n) is 5.44. The molecule has 180 valence electrons. The summed E-state index contributed by atoms with van der Waals surface area (Å²) in [6.45, 7) is 4.02. The number of hydrazone groups is 1. The van der Waals surface area contributed by atoms with Gasteiger partial charge in [0.15, 0.2) is 11.6 Å². The predicted octanol–water partition coefficient (Wildman–Crippen LogP) is 5.43. The lowest BCUT2D eigenvalue weighted by Crippen LogP contribution is -2.04. The lowest BCUT2D eigenvalue weighted by Gasteiger charge is -2.12. The summed E-state index contributed by atoms with van der Waals surface area (Å²) in [5.74, 6) is 0.441. The Morgan fingerprint density at radius 3 is 2.61 bits per heavy atom. The molecular weight excluding hydrogens is 486 g/mol. The summed E-state index contributed by atoms with van der Waals surface area (Å²) in [7, 11) is 0. The molecule has 0 atom stereocenters. The van der Waals surface area contributed by atoms with E-state index in [1.807, 2.05) is 32.0 Å². The molecule has 36 heavy (non-hydrogen) atoms. The maximum Gasteiger partial charge on any atom is 0.337 e. The van der Waals surface area contributed by atoms with Crippen molar-refractivity contribution in [3.05, 3.63) is 76.0 Å². The van der Waals surface area contributed by atoms with E-state index in [2.05, 4.69) is 36.1 Å². The van der Waals surface area contributed by atoms with Gasteiger partial charge in [0.25, 0.3) is 0 Å².